The Morgan fingerprint density at radius 2 is 2.19 bits per heavy atom. The summed E-state index contributed by atoms with van der Waals surface area (Å²) < 4.78 is 5.85. The largest absolute Gasteiger partial charge is 0.490 e. The molecular formula is C19H24N4O3. The summed E-state index contributed by atoms with van der Waals surface area (Å²) >= 11 is 0. The van der Waals surface area contributed by atoms with E-state index >= 15 is 0 Å². The molecule has 1 spiro atoms. The third-order valence-electron chi connectivity index (χ3n) is 6.18. The molecule has 5 rings (SSSR count). The lowest BCUT2D eigenvalue weighted by Crippen LogP contribution is -2.39. The van der Waals surface area contributed by atoms with Gasteiger partial charge in [0, 0.05) is 44.2 Å². The maximum absolute atomic E-state index is 12.9. The van der Waals surface area contributed by atoms with Crippen molar-refractivity contribution in [3.05, 3.63) is 17.8 Å². The molecule has 1 atom stereocenters. The van der Waals surface area contributed by atoms with E-state index in [1.807, 2.05) is 15.9 Å². The van der Waals surface area contributed by atoms with Gasteiger partial charge in [0.1, 0.15) is 0 Å². The van der Waals surface area contributed by atoms with E-state index in [2.05, 4.69) is 10.3 Å². The number of carbonyl (C=O) groups excluding carboxylic acids is 2. The highest BCUT2D eigenvalue weighted by molar-refractivity contribution is 5.95. The summed E-state index contributed by atoms with van der Waals surface area (Å²) in [6, 6.07) is 1.98. The maximum Gasteiger partial charge on any atom is 0.255 e. The van der Waals surface area contributed by atoms with Crippen molar-refractivity contribution >= 4 is 17.6 Å². The summed E-state index contributed by atoms with van der Waals surface area (Å²) in [6.45, 7) is 2.78. The number of pyridine rings is 1. The minimum atomic E-state index is -0.0246. The number of hydrogen-bond acceptors (Lipinski definition) is 5. The fraction of sp³-hybridized carbons (Fsp3) is 0.632. The predicted octanol–water partition coefficient (Wildman–Crippen LogP) is 1.65. The van der Waals surface area contributed by atoms with E-state index < -0.39 is 0 Å². The molecule has 1 aromatic rings. The van der Waals surface area contributed by atoms with Gasteiger partial charge in [-0.05, 0) is 31.7 Å². The Balaban J connectivity index is 1.30. The van der Waals surface area contributed by atoms with Gasteiger partial charge in [0.2, 0.25) is 5.91 Å². The van der Waals surface area contributed by atoms with Crippen LogP contribution in [0.4, 0.5) is 5.82 Å². The summed E-state index contributed by atoms with van der Waals surface area (Å²) in [5.74, 6) is 1.62. The highest BCUT2D eigenvalue weighted by Crippen LogP contribution is 2.45. The number of amides is 2. The van der Waals surface area contributed by atoms with Crippen molar-refractivity contribution in [3.63, 3.8) is 0 Å². The van der Waals surface area contributed by atoms with E-state index in [4.69, 9.17) is 4.74 Å². The zero-order valence-electron chi connectivity index (χ0n) is 14.9. The number of fused-ring (bicyclic) bond motifs is 1. The quantitative estimate of drug-likeness (QED) is 0.872. The average molecular weight is 356 g/mol. The fourth-order valence-electron chi connectivity index (χ4n) is 4.38. The molecule has 7 heteroatoms. The van der Waals surface area contributed by atoms with Crippen molar-refractivity contribution < 1.29 is 14.3 Å². The van der Waals surface area contributed by atoms with Crippen molar-refractivity contribution in [2.24, 2.45) is 0 Å². The summed E-state index contributed by atoms with van der Waals surface area (Å²) in [5.41, 5.74) is 0.722. The first kappa shape index (κ1) is 15.9. The number of hydrogen-bond donors (Lipinski definition) is 1. The van der Waals surface area contributed by atoms with Crippen molar-refractivity contribution in [2.45, 2.75) is 50.1 Å². The predicted molar refractivity (Wildman–Crippen MR) is 95.2 cm³/mol. The summed E-state index contributed by atoms with van der Waals surface area (Å²) in [5, 5.41) is 3.49. The van der Waals surface area contributed by atoms with Gasteiger partial charge in [-0.15, -0.1) is 0 Å². The van der Waals surface area contributed by atoms with Crippen LogP contribution in [0.5, 0.6) is 5.75 Å². The molecule has 4 aliphatic rings. The summed E-state index contributed by atoms with van der Waals surface area (Å²) in [6.07, 6.45) is 7.37. The Bertz CT molecular complexity index is 761. The normalized spacial score (nSPS) is 26.3. The number of carbonyl (C=O) groups is 2. The molecule has 1 saturated carbocycles. The molecule has 0 bridgehead atoms. The molecule has 2 saturated heterocycles. The Morgan fingerprint density at radius 1 is 1.31 bits per heavy atom. The highest BCUT2D eigenvalue weighted by atomic mass is 16.5. The topological polar surface area (TPSA) is 74.8 Å². The second kappa shape index (κ2) is 5.86. The van der Waals surface area contributed by atoms with Gasteiger partial charge in [-0.25, -0.2) is 4.98 Å². The first-order valence-corrected chi connectivity index (χ1v) is 9.63. The van der Waals surface area contributed by atoms with Crippen LogP contribution in [-0.4, -0.2) is 64.4 Å². The van der Waals surface area contributed by atoms with Gasteiger partial charge in [-0.1, -0.05) is 0 Å². The van der Waals surface area contributed by atoms with Crippen molar-refractivity contribution in [3.8, 4) is 5.75 Å². The van der Waals surface area contributed by atoms with E-state index in [9.17, 15) is 9.59 Å². The number of rotatable bonds is 2. The van der Waals surface area contributed by atoms with Gasteiger partial charge in [0.05, 0.1) is 18.2 Å². The number of nitrogens with zero attached hydrogens (tertiary/aromatic N) is 3. The summed E-state index contributed by atoms with van der Waals surface area (Å²) in [4.78, 5) is 33.1. The fourth-order valence-corrected chi connectivity index (χ4v) is 4.38. The molecule has 1 N–H and O–H groups in total. The Kier molecular flexibility index (Phi) is 3.58. The molecular weight excluding hydrogens is 332 g/mol. The minimum absolute atomic E-state index is 0.0246. The van der Waals surface area contributed by atoms with E-state index in [1.54, 1.807) is 6.20 Å². The van der Waals surface area contributed by atoms with Crippen molar-refractivity contribution in [2.75, 3.05) is 31.6 Å². The third-order valence-corrected chi connectivity index (χ3v) is 6.18. The first-order valence-electron chi connectivity index (χ1n) is 9.63. The van der Waals surface area contributed by atoms with Crippen LogP contribution in [0.25, 0.3) is 0 Å². The van der Waals surface area contributed by atoms with Crippen LogP contribution in [-0.2, 0) is 4.79 Å². The molecule has 1 aromatic heterocycles. The van der Waals surface area contributed by atoms with E-state index in [-0.39, 0.29) is 23.4 Å². The standard InChI is InChI=1S/C19H24N4O3/c24-16-2-1-7-23(16)14-3-8-22(12-14)18(25)13-10-15-17(20-11-13)21-19(4-5-19)6-9-26-15/h10-11,14H,1-9,12H2,(H,20,21)/t14-/m0/s1. The van der Waals surface area contributed by atoms with Crippen LogP contribution < -0.4 is 10.1 Å². The number of anilines is 1. The Morgan fingerprint density at radius 3 is 2.96 bits per heavy atom. The number of aromatic nitrogens is 1. The van der Waals surface area contributed by atoms with Gasteiger partial charge in [0.25, 0.3) is 5.91 Å². The molecule has 1 aliphatic carbocycles. The molecule has 3 fully saturated rings. The van der Waals surface area contributed by atoms with Crippen molar-refractivity contribution in [1.29, 1.82) is 0 Å². The molecule has 138 valence electrons. The third kappa shape index (κ3) is 2.70. The van der Waals surface area contributed by atoms with Gasteiger partial charge in [-0.3, -0.25) is 9.59 Å². The van der Waals surface area contributed by atoms with E-state index in [0.717, 1.165) is 44.5 Å². The minimum Gasteiger partial charge on any atom is -0.490 e. The lowest BCUT2D eigenvalue weighted by Gasteiger charge is -2.24. The van der Waals surface area contributed by atoms with Crippen LogP contribution in [0.1, 0.15) is 48.9 Å². The molecule has 26 heavy (non-hydrogen) atoms. The maximum atomic E-state index is 12.9. The zero-order chi connectivity index (χ0) is 17.7. The molecule has 0 radical (unpaired) electrons. The lowest BCUT2D eigenvalue weighted by atomic mass is 10.2. The van der Waals surface area contributed by atoms with Gasteiger partial charge in [-0.2, -0.15) is 0 Å². The van der Waals surface area contributed by atoms with Crippen LogP contribution in [0.15, 0.2) is 12.3 Å². The van der Waals surface area contributed by atoms with Gasteiger partial charge < -0.3 is 19.9 Å². The molecule has 0 aromatic carbocycles. The highest BCUT2D eigenvalue weighted by Gasteiger charge is 2.44. The first-order chi connectivity index (χ1) is 12.6. The SMILES string of the molecule is O=C(c1cnc2c(c1)OCCC1(CC1)N2)N1CC[C@H](N2CCCC2=O)C1. The van der Waals surface area contributed by atoms with Gasteiger partial charge in [0.15, 0.2) is 11.6 Å². The van der Waals surface area contributed by atoms with Crippen LogP contribution in [0.3, 0.4) is 0 Å². The number of likely N-dealkylation sites (tertiary alicyclic amines) is 2. The van der Waals surface area contributed by atoms with Crippen LogP contribution in [0, 0.1) is 0 Å². The average Bonchev–Trinajstić information content (AvgIpc) is 3.06. The smallest absolute Gasteiger partial charge is 0.255 e. The van der Waals surface area contributed by atoms with Crippen molar-refractivity contribution in [1.82, 2.24) is 14.8 Å². The Hall–Kier alpha value is -2.31. The molecule has 4 heterocycles. The monoisotopic (exact) mass is 356 g/mol. The Labute approximate surface area is 152 Å². The molecule has 0 unspecified atom stereocenters. The summed E-state index contributed by atoms with van der Waals surface area (Å²) in [7, 11) is 0. The van der Waals surface area contributed by atoms with E-state index in [1.165, 1.54) is 0 Å². The lowest BCUT2D eigenvalue weighted by molar-refractivity contribution is -0.129. The number of nitrogens with one attached hydrogen (secondary N) is 1. The van der Waals surface area contributed by atoms with E-state index in [0.29, 0.717) is 37.4 Å². The second-order valence-corrected chi connectivity index (χ2v) is 7.96. The molecule has 2 amide bonds. The van der Waals surface area contributed by atoms with Gasteiger partial charge >= 0.3 is 0 Å². The van der Waals surface area contributed by atoms with Crippen LogP contribution in [0.2, 0.25) is 0 Å². The number of ether oxygens (including phenoxy) is 1. The molecule has 7 nitrogen and oxygen atoms in total. The molecule has 3 aliphatic heterocycles. The van der Waals surface area contributed by atoms with Crippen LogP contribution >= 0.6 is 0 Å². The zero-order valence-corrected chi connectivity index (χ0v) is 14.9. The second-order valence-electron chi connectivity index (χ2n) is 7.96.